The van der Waals surface area contributed by atoms with E-state index in [4.69, 9.17) is 11.6 Å². The number of halogens is 1. The highest BCUT2D eigenvalue weighted by Crippen LogP contribution is 2.17. The van der Waals surface area contributed by atoms with Crippen LogP contribution in [0.1, 0.15) is 21.7 Å². The van der Waals surface area contributed by atoms with E-state index >= 15 is 0 Å². The van der Waals surface area contributed by atoms with Crippen molar-refractivity contribution >= 4 is 17.9 Å². The van der Waals surface area contributed by atoms with Crippen molar-refractivity contribution in [1.29, 1.82) is 0 Å². The Hall–Kier alpha value is -1.61. The van der Waals surface area contributed by atoms with Crippen molar-refractivity contribution in [3.63, 3.8) is 0 Å². The van der Waals surface area contributed by atoms with Crippen LogP contribution in [0.2, 0.25) is 5.02 Å². The number of aldehydes is 1. The number of benzene rings is 1. The van der Waals surface area contributed by atoms with Crippen LogP contribution in [0.25, 0.3) is 0 Å². The van der Waals surface area contributed by atoms with Crippen molar-refractivity contribution in [3.05, 3.63) is 52.6 Å². The zero-order chi connectivity index (χ0) is 11.5. The summed E-state index contributed by atoms with van der Waals surface area (Å²) in [6.07, 6.45) is 5.13. The second kappa shape index (κ2) is 4.49. The number of carbonyl (C=O) groups excluding carboxylic acids is 1. The van der Waals surface area contributed by atoms with Crippen LogP contribution in [0.3, 0.4) is 0 Å². The van der Waals surface area contributed by atoms with Crippen LogP contribution >= 0.6 is 11.6 Å². The molecule has 0 aliphatic carbocycles. The van der Waals surface area contributed by atoms with Gasteiger partial charge in [0, 0.05) is 31.4 Å². The van der Waals surface area contributed by atoms with E-state index in [0.717, 1.165) is 17.7 Å². The van der Waals surface area contributed by atoms with Crippen LogP contribution < -0.4 is 0 Å². The van der Waals surface area contributed by atoms with Gasteiger partial charge in [-0.2, -0.15) is 0 Å². The van der Waals surface area contributed by atoms with E-state index in [1.54, 1.807) is 18.3 Å². The Bertz CT molecular complexity index is 519. The number of aromatic nitrogens is 2. The van der Waals surface area contributed by atoms with Gasteiger partial charge in [-0.05, 0) is 17.7 Å². The van der Waals surface area contributed by atoms with Gasteiger partial charge in [-0.1, -0.05) is 17.7 Å². The van der Waals surface area contributed by atoms with Gasteiger partial charge >= 0.3 is 0 Å². The van der Waals surface area contributed by atoms with Gasteiger partial charge in [0.25, 0.3) is 0 Å². The normalized spacial score (nSPS) is 10.4. The SMILES string of the molecule is Cn1ccnc1Cc1ccc(C=O)c(Cl)c1. The van der Waals surface area contributed by atoms with Crippen LogP contribution in [-0.4, -0.2) is 15.8 Å². The summed E-state index contributed by atoms with van der Waals surface area (Å²) in [5.74, 6) is 0.968. The molecule has 0 radical (unpaired) electrons. The highest BCUT2D eigenvalue weighted by molar-refractivity contribution is 6.33. The third kappa shape index (κ3) is 2.14. The highest BCUT2D eigenvalue weighted by Gasteiger charge is 2.04. The van der Waals surface area contributed by atoms with Gasteiger partial charge in [0.1, 0.15) is 5.82 Å². The first kappa shape index (κ1) is 10.9. The number of carbonyl (C=O) groups is 1. The summed E-state index contributed by atoms with van der Waals surface area (Å²) >= 11 is 5.95. The van der Waals surface area contributed by atoms with Gasteiger partial charge in [-0.3, -0.25) is 4.79 Å². The van der Waals surface area contributed by atoms with E-state index in [1.165, 1.54) is 0 Å². The zero-order valence-electron chi connectivity index (χ0n) is 8.85. The second-order valence-electron chi connectivity index (χ2n) is 3.60. The second-order valence-corrected chi connectivity index (χ2v) is 4.01. The smallest absolute Gasteiger partial charge is 0.151 e. The summed E-state index contributed by atoms with van der Waals surface area (Å²) in [6, 6.07) is 5.43. The third-order valence-corrected chi connectivity index (χ3v) is 2.80. The molecule has 0 amide bonds. The first-order chi connectivity index (χ1) is 7.70. The molecule has 1 aromatic carbocycles. The van der Waals surface area contributed by atoms with Crippen LogP contribution in [0.4, 0.5) is 0 Å². The lowest BCUT2D eigenvalue weighted by Gasteiger charge is -2.03. The number of aryl methyl sites for hydroxylation is 1. The molecule has 0 spiro atoms. The monoisotopic (exact) mass is 234 g/mol. The van der Waals surface area contributed by atoms with Gasteiger partial charge in [-0.15, -0.1) is 0 Å². The zero-order valence-corrected chi connectivity index (χ0v) is 9.61. The fraction of sp³-hybridized carbons (Fsp3) is 0.167. The van der Waals surface area contributed by atoms with Gasteiger partial charge in [-0.25, -0.2) is 4.98 Å². The van der Waals surface area contributed by atoms with Gasteiger partial charge < -0.3 is 4.57 Å². The molecule has 0 N–H and O–H groups in total. The molecule has 0 unspecified atom stereocenters. The molecule has 1 heterocycles. The Morgan fingerprint density at radius 3 is 2.88 bits per heavy atom. The molecule has 0 aliphatic heterocycles. The van der Waals surface area contributed by atoms with E-state index in [9.17, 15) is 4.79 Å². The summed E-state index contributed by atoms with van der Waals surface area (Å²) in [7, 11) is 1.95. The van der Waals surface area contributed by atoms with E-state index in [-0.39, 0.29) is 0 Å². The fourth-order valence-electron chi connectivity index (χ4n) is 1.53. The van der Waals surface area contributed by atoms with E-state index < -0.39 is 0 Å². The molecule has 1 aromatic heterocycles. The summed E-state index contributed by atoms with van der Waals surface area (Å²) in [5, 5.41) is 0.488. The molecule has 0 saturated carbocycles. The van der Waals surface area contributed by atoms with Gasteiger partial charge in [0.15, 0.2) is 6.29 Å². The standard InChI is InChI=1S/C12H11ClN2O/c1-15-5-4-14-12(15)7-9-2-3-10(8-16)11(13)6-9/h2-6,8H,7H2,1H3. The maximum absolute atomic E-state index is 10.6. The average molecular weight is 235 g/mol. The summed E-state index contributed by atoms with van der Waals surface area (Å²) < 4.78 is 1.96. The molecule has 4 heteroatoms. The van der Waals surface area contributed by atoms with Crippen LogP contribution in [0.5, 0.6) is 0 Å². The minimum absolute atomic E-state index is 0.488. The molecule has 0 atom stereocenters. The Morgan fingerprint density at radius 2 is 2.31 bits per heavy atom. The predicted octanol–water partition coefficient (Wildman–Crippen LogP) is 2.48. The fourth-order valence-corrected chi connectivity index (χ4v) is 1.77. The molecule has 82 valence electrons. The third-order valence-electron chi connectivity index (χ3n) is 2.48. The molecule has 0 aliphatic rings. The lowest BCUT2D eigenvalue weighted by Crippen LogP contribution is -1.98. The summed E-state index contributed by atoms with van der Waals surface area (Å²) in [5.41, 5.74) is 1.56. The molecular formula is C12H11ClN2O. The first-order valence-corrected chi connectivity index (χ1v) is 5.28. The van der Waals surface area contributed by atoms with E-state index in [0.29, 0.717) is 17.0 Å². The average Bonchev–Trinajstić information content (AvgIpc) is 2.65. The Kier molecular flexibility index (Phi) is 3.06. The number of nitrogens with zero attached hydrogens (tertiary/aromatic N) is 2. The molecule has 0 fully saturated rings. The number of hydrogen-bond donors (Lipinski definition) is 0. The Balaban J connectivity index is 2.26. The number of imidazole rings is 1. The minimum Gasteiger partial charge on any atom is -0.338 e. The largest absolute Gasteiger partial charge is 0.338 e. The molecule has 3 nitrogen and oxygen atoms in total. The Labute approximate surface area is 98.7 Å². The quantitative estimate of drug-likeness (QED) is 0.765. The van der Waals surface area contributed by atoms with Crippen LogP contribution in [-0.2, 0) is 13.5 Å². The topological polar surface area (TPSA) is 34.9 Å². The first-order valence-electron chi connectivity index (χ1n) is 4.90. The van der Waals surface area contributed by atoms with Crippen LogP contribution in [0.15, 0.2) is 30.6 Å². The maximum atomic E-state index is 10.6. The molecular weight excluding hydrogens is 224 g/mol. The van der Waals surface area contributed by atoms with Gasteiger partial charge in [0.2, 0.25) is 0 Å². The predicted molar refractivity (Wildman–Crippen MR) is 62.9 cm³/mol. The molecule has 16 heavy (non-hydrogen) atoms. The molecule has 2 aromatic rings. The highest BCUT2D eigenvalue weighted by atomic mass is 35.5. The minimum atomic E-state index is 0.488. The lowest BCUT2D eigenvalue weighted by atomic mass is 10.1. The lowest BCUT2D eigenvalue weighted by molar-refractivity contribution is 0.112. The molecule has 0 saturated heterocycles. The van der Waals surface area contributed by atoms with Crippen molar-refractivity contribution < 1.29 is 4.79 Å². The van der Waals surface area contributed by atoms with Crippen molar-refractivity contribution in [2.45, 2.75) is 6.42 Å². The Morgan fingerprint density at radius 1 is 1.50 bits per heavy atom. The maximum Gasteiger partial charge on any atom is 0.151 e. The van der Waals surface area contributed by atoms with E-state index in [2.05, 4.69) is 4.98 Å². The summed E-state index contributed by atoms with van der Waals surface area (Å²) in [4.78, 5) is 14.8. The van der Waals surface area contributed by atoms with Crippen molar-refractivity contribution in [2.75, 3.05) is 0 Å². The van der Waals surface area contributed by atoms with Crippen LogP contribution in [0, 0.1) is 0 Å². The molecule has 0 bridgehead atoms. The van der Waals surface area contributed by atoms with Crippen molar-refractivity contribution in [2.24, 2.45) is 7.05 Å². The summed E-state index contributed by atoms with van der Waals surface area (Å²) in [6.45, 7) is 0. The number of hydrogen-bond acceptors (Lipinski definition) is 2. The molecule has 2 rings (SSSR count). The van der Waals surface area contributed by atoms with Crippen molar-refractivity contribution in [1.82, 2.24) is 9.55 Å². The van der Waals surface area contributed by atoms with E-state index in [1.807, 2.05) is 23.9 Å². The number of rotatable bonds is 3. The van der Waals surface area contributed by atoms with Crippen molar-refractivity contribution in [3.8, 4) is 0 Å². The van der Waals surface area contributed by atoms with Gasteiger partial charge in [0.05, 0.1) is 5.02 Å².